The van der Waals surface area contributed by atoms with Gasteiger partial charge in [-0.1, -0.05) is 53.0 Å². The van der Waals surface area contributed by atoms with Gasteiger partial charge in [0, 0.05) is 0 Å². The lowest BCUT2D eigenvalue weighted by Gasteiger charge is -1.93. The van der Waals surface area contributed by atoms with E-state index in [2.05, 4.69) is 52.3 Å². The van der Waals surface area contributed by atoms with Gasteiger partial charge in [0.2, 0.25) is 0 Å². The largest absolute Gasteiger partial charge is 0.0958 e. The minimum Gasteiger partial charge on any atom is -0.0958 e. The van der Waals surface area contributed by atoms with Gasteiger partial charge in [0.05, 0.1) is 0 Å². The molecule has 18 heavy (non-hydrogen) atoms. The molecule has 0 amide bonds. The van der Waals surface area contributed by atoms with Crippen molar-refractivity contribution in [3.8, 4) is 0 Å². The molecule has 0 aromatic carbocycles. The standard InChI is InChI=1S/C12H14.C6H12/c1-5-6-7-8-9-10-12(4)11(2)3;1-5(2)6(3)4/h7-10H,1-2H2,3-4H3;1-4H3/b9-8?,12-10+;. The lowest BCUT2D eigenvalue weighted by atomic mass is 10.1. The Morgan fingerprint density at radius 2 is 1.39 bits per heavy atom. The van der Waals surface area contributed by atoms with Crippen molar-refractivity contribution in [2.24, 2.45) is 0 Å². The Kier molecular flexibility index (Phi) is 12.1. The predicted octanol–water partition coefficient (Wildman–Crippen LogP) is 5.92. The molecule has 0 aromatic heterocycles. The molecule has 0 bridgehead atoms. The zero-order valence-corrected chi connectivity index (χ0v) is 12.7. The smallest absolute Gasteiger partial charge is 0.0116 e. The van der Waals surface area contributed by atoms with Crippen LogP contribution in [-0.2, 0) is 0 Å². The van der Waals surface area contributed by atoms with Crippen molar-refractivity contribution in [3.63, 3.8) is 0 Å². The number of hydrogen-bond acceptors (Lipinski definition) is 0. The van der Waals surface area contributed by atoms with Crippen molar-refractivity contribution in [1.82, 2.24) is 0 Å². The Balaban J connectivity index is 0. The molecule has 0 aromatic rings. The molecule has 0 N–H and O–H groups in total. The third kappa shape index (κ3) is 14.3. The van der Waals surface area contributed by atoms with Crippen molar-refractivity contribution in [1.29, 1.82) is 0 Å². The highest BCUT2D eigenvalue weighted by atomic mass is 13.9. The Labute approximate surface area is 113 Å². The Morgan fingerprint density at radius 1 is 0.889 bits per heavy atom. The van der Waals surface area contributed by atoms with Crippen molar-refractivity contribution < 1.29 is 0 Å². The zero-order valence-electron chi connectivity index (χ0n) is 12.7. The third-order valence-corrected chi connectivity index (χ3v) is 2.41. The van der Waals surface area contributed by atoms with E-state index in [1.807, 2.05) is 32.1 Å². The first-order valence-corrected chi connectivity index (χ1v) is 6.03. The summed E-state index contributed by atoms with van der Waals surface area (Å²) in [6, 6.07) is 0. The molecule has 0 aliphatic carbocycles. The van der Waals surface area contributed by atoms with E-state index in [9.17, 15) is 0 Å². The molecule has 0 spiro atoms. The van der Waals surface area contributed by atoms with Gasteiger partial charge in [-0.25, -0.2) is 0 Å². The quantitative estimate of drug-likeness (QED) is 0.327. The number of rotatable bonds is 3. The molecule has 0 saturated carbocycles. The molecule has 98 valence electrons. The second kappa shape index (κ2) is 11.7. The molecule has 0 saturated heterocycles. The van der Waals surface area contributed by atoms with Gasteiger partial charge in [0.1, 0.15) is 0 Å². The summed E-state index contributed by atoms with van der Waals surface area (Å²) in [6.07, 6.45) is 7.58. The maximum absolute atomic E-state index is 3.82. The van der Waals surface area contributed by atoms with Crippen LogP contribution in [-0.4, -0.2) is 0 Å². The van der Waals surface area contributed by atoms with E-state index in [1.54, 1.807) is 6.08 Å². The Hall–Kier alpha value is -1.74. The summed E-state index contributed by atoms with van der Waals surface area (Å²) in [4.78, 5) is 0. The van der Waals surface area contributed by atoms with E-state index in [1.165, 1.54) is 16.7 Å². The fourth-order valence-electron chi connectivity index (χ4n) is 0.505. The van der Waals surface area contributed by atoms with E-state index in [4.69, 9.17) is 0 Å². The molecular formula is C18H26. The van der Waals surface area contributed by atoms with Crippen LogP contribution in [0.15, 0.2) is 71.2 Å². The molecule has 0 unspecified atom stereocenters. The molecule has 0 aliphatic rings. The van der Waals surface area contributed by atoms with Gasteiger partial charge in [0.25, 0.3) is 0 Å². The lowest BCUT2D eigenvalue weighted by Crippen LogP contribution is -1.72. The highest BCUT2D eigenvalue weighted by Crippen LogP contribution is 2.04. The van der Waals surface area contributed by atoms with Crippen LogP contribution in [0, 0.1) is 0 Å². The zero-order chi connectivity index (χ0) is 14.6. The van der Waals surface area contributed by atoms with Gasteiger partial charge in [-0.2, -0.15) is 0 Å². The van der Waals surface area contributed by atoms with Crippen LogP contribution in [0.25, 0.3) is 0 Å². The fraction of sp³-hybridized carbons (Fsp3) is 0.333. The van der Waals surface area contributed by atoms with Gasteiger partial charge in [-0.3, -0.25) is 0 Å². The highest BCUT2D eigenvalue weighted by molar-refractivity contribution is 5.28. The van der Waals surface area contributed by atoms with Crippen LogP contribution in [0.5, 0.6) is 0 Å². The summed E-state index contributed by atoms with van der Waals surface area (Å²) in [5, 5.41) is 0. The van der Waals surface area contributed by atoms with Crippen LogP contribution in [0.2, 0.25) is 0 Å². The van der Waals surface area contributed by atoms with Crippen molar-refractivity contribution in [3.05, 3.63) is 71.2 Å². The van der Waals surface area contributed by atoms with Crippen LogP contribution in [0.1, 0.15) is 41.5 Å². The molecule has 0 rings (SSSR count). The highest BCUT2D eigenvalue weighted by Gasteiger charge is 1.83. The summed E-state index contributed by atoms with van der Waals surface area (Å²) in [5.41, 5.74) is 10.4. The molecule has 0 heterocycles. The minimum absolute atomic E-state index is 1.09. The normalized spacial score (nSPS) is 9.78. The topological polar surface area (TPSA) is 0 Å². The number of allylic oxidation sites excluding steroid dienone is 8. The van der Waals surface area contributed by atoms with Crippen molar-refractivity contribution in [2.45, 2.75) is 41.5 Å². The first-order chi connectivity index (χ1) is 8.32. The first kappa shape index (κ1) is 18.6. The van der Waals surface area contributed by atoms with Crippen molar-refractivity contribution in [2.75, 3.05) is 0 Å². The monoisotopic (exact) mass is 242 g/mol. The maximum atomic E-state index is 3.82. The molecular weight excluding hydrogens is 216 g/mol. The van der Waals surface area contributed by atoms with E-state index < -0.39 is 0 Å². The van der Waals surface area contributed by atoms with E-state index in [0.717, 1.165) is 5.57 Å². The van der Waals surface area contributed by atoms with Gasteiger partial charge in [-0.15, -0.1) is 0 Å². The van der Waals surface area contributed by atoms with Gasteiger partial charge in [0.15, 0.2) is 0 Å². The van der Waals surface area contributed by atoms with Crippen LogP contribution >= 0.6 is 0 Å². The molecule has 0 nitrogen and oxygen atoms in total. The van der Waals surface area contributed by atoms with Crippen molar-refractivity contribution >= 4 is 0 Å². The molecule has 0 radical (unpaired) electrons. The first-order valence-electron chi connectivity index (χ1n) is 6.03. The van der Waals surface area contributed by atoms with Crippen LogP contribution < -0.4 is 0 Å². The summed E-state index contributed by atoms with van der Waals surface area (Å²) in [7, 11) is 0. The number of hydrogen-bond donors (Lipinski definition) is 0. The minimum atomic E-state index is 1.09. The van der Waals surface area contributed by atoms with Gasteiger partial charge >= 0.3 is 0 Å². The fourth-order valence-corrected chi connectivity index (χ4v) is 0.505. The molecule has 0 fully saturated rings. The average molecular weight is 242 g/mol. The molecule has 0 heteroatoms. The summed E-state index contributed by atoms with van der Waals surface area (Å²) >= 11 is 0. The summed E-state index contributed by atoms with van der Waals surface area (Å²) in [6.45, 7) is 19.7. The Bertz CT molecular complexity index is 409. The van der Waals surface area contributed by atoms with E-state index in [-0.39, 0.29) is 0 Å². The summed E-state index contributed by atoms with van der Waals surface area (Å²) < 4.78 is 0. The average Bonchev–Trinajstić information content (AvgIpc) is 2.29. The second-order valence-electron chi connectivity index (χ2n) is 4.50. The molecule has 0 aliphatic heterocycles. The third-order valence-electron chi connectivity index (χ3n) is 2.41. The maximum Gasteiger partial charge on any atom is -0.0116 e. The van der Waals surface area contributed by atoms with Gasteiger partial charge in [-0.05, 0) is 59.8 Å². The molecule has 0 atom stereocenters. The van der Waals surface area contributed by atoms with Crippen LogP contribution in [0.4, 0.5) is 0 Å². The lowest BCUT2D eigenvalue weighted by molar-refractivity contribution is 1.23. The Morgan fingerprint density at radius 3 is 1.72 bits per heavy atom. The van der Waals surface area contributed by atoms with E-state index >= 15 is 0 Å². The SMILES string of the molecule is C=C=C=CC=C/C=C(\C)C(=C)C.CC(C)=C(C)C. The van der Waals surface area contributed by atoms with E-state index in [0.29, 0.717) is 0 Å². The van der Waals surface area contributed by atoms with Gasteiger partial charge < -0.3 is 0 Å². The second-order valence-corrected chi connectivity index (χ2v) is 4.50. The predicted molar refractivity (Wildman–Crippen MR) is 84.7 cm³/mol. The van der Waals surface area contributed by atoms with Crippen LogP contribution in [0.3, 0.4) is 0 Å². The summed E-state index contributed by atoms with van der Waals surface area (Å²) in [5.74, 6) is 0.